The standard InChI is InChI=1S/C43H40N4O4/c1-3-4-21-40-45-46-41(51-40)29-36(39-20-13-27-47(39)38-19-12-11-18-35(38)42(48)32-14-7-5-8-15-32)31-22-24-34(25-23-31)49-28-26-37-30(2)50-43(44-37)33-16-9-6-10-17-33/h5-20,22-25,27,36H,3-4,21,26,28-29H2,1-2H3. The summed E-state index contributed by atoms with van der Waals surface area (Å²) in [5.41, 5.74) is 5.98. The van der Waals surface area contributed by atoms with E-state index in [4.69, 9.17) is 18.6 Å². The van der Waals surface area contributed by atoms with Crippen molar-refractivity contribution in [2.75, 3.05) is 6.61 Å². The minimum absolute atomic E-state index is 0.0292. The number of hydrogen-bond acceptors (Lipinski definition) is 7. The van der Waals surface area contributed by atoms with Crippen molar-refractivity contribution < 1.29 is 18.4 Å². The van der Waals surface area contributed by atoms with Gasteiger partial charge in [0.05, 0.1) is 18.0 Å². The number of carbonyl (C=O) groups is 1. The highest BCUT2D eigenvalue weighted by Gasteiger charge is 2.24. The number of oxazole rings is 1. The first-order valence-electron chi connectivity index (χ1n) is 17.5. The number of nitrogens with zero attached hydrogens (tertiary/aromatic N) is 4. The Labute approximate surface area is 297 Å². The van der Waals surface area contributed by atoms with Gasteiger partial charge in [-0.3, -0.25) is 4.79 Å². The third kappa shape index (κ3) is 7.75. The lowest BCUT2D eigenvalue weighted by molar-refractivity contribution is 0.103. The average molecular weight is 677 g/mol. The second kappa shape index (κ2) is 15.7. The van der Waals surface area contributed by atoms with E-state index in [0.29, 0.717) is 48.2 Å². The monoisotopic (exact) mass is 676 g/mol. The fourth-order valence-corrected chi connectivity index (χ4v) is 6.31. The lowest BCUT2D eigenvalue weighted by Gasteiger charge is -2.21. The van der Waals surface area contributed by atoms with Gasteiger partial charge in [-0.2, -0.15) is 0 Å². The van der Waals surface area contributed by atoms with E-state index in [0.717, 1.165) is 59.0 Å². The largest absolute Gasteiger partial charge is 0.493 e. The van der Waals surface area contributed by atoms with Crippen LogP contribution >= 0.6 is 0 Å². The molecular formula is C43H40N4O4. The van der Waals surface area contributed by atoms with Crippen molar-refractivity contribution in [3.05, 3.63) is 173 Å². The minimum Gasteiger partial charge on any atom is -0.493 e. The van der Waals surface area contributed by atoms with Crippen LogP contribution < -0.4 is 4.74 Å². The first kappa shape index (κ1) is 33.5. The van der Waals surface area contributed by atoms with Crippen LogP contribution in [0.1, 0.15) is 76.1 Å². The van der Waals surface area contributed by atoms with Gasteiger partial charge in [0, 0.05) is 53.8 Å². The SMILES string of the molecule is CCCCc1nnc(CC(c2ccc(OCCc3nc(-c4ccccc4)oc3C)cc2)c2cccn2-c2ccccc2C(=O)c2ccccc2)o1. The fourth-order valence-electron chi connectivity index (χ4n) is 6.31. The van der Waals surface area contributed by atoms with Gasteiger partial charge in [-0.15, -0.1) is 10.2 Å². The highest BCUT2D eigenvalue weighted by atomic mass is 16.5. The van der Waals surface area contributed by atoms with Crippen molar-refractivity contribution in [3.63, 3.8) is 0 Å². The summed E-state index contributed by atoms with van der Waals surface area (Å²) in [5.74, 6) is 3.22. The van der Waals surface area contributed by atoms with Gasteiger partial charge in [0.15, 0.2) is 5.78 Å². The number of aromatic nitrogens is 4. The summed E-state index contributed by atoms with van der Waals surface area (Å²) < 4.78 is 20.3. The van der Waals surface area contributed by atoms with Crippen LogP contribution in [0.4, 0.5) is 0 Å². The molecule has 4 aromatic carbocycles. The maximum Gasteiger partial charge on any atom is 0.226 e. The quantitative estimate of drug-likeness (QED) is 0.0999. The molecule has 3 heterocycles. The maximum absolute atomic E-state index is 13.7. The van der Waals surface area contributed by atoms with E-state index >= 15 is 0 Å². The molecule has 0 bridgehead atoms. The van der Waals surface area contributed by atoms with Crippen molar-refractivity contribution in [2.45, 2.75) is 51.9 Å². The van der Waals surface area contributed by atoms with Crippen molar-refractivity contribution in [3.8, 4) is 22.9 Å². The van der Waals surface area contributed by atoms with Crippen molar-refractivity contribution >= 4 is 5.78 Å². The Bertz CT molecular complexity index is 2180. The first-order chi connectivity index (χ1) is 25.1. The lowest BCUT2D eigenvalue weighted by atomic mass is 9.91. The number of unbranched alkanes of at least 4 members (excludes halogenated alkanes) is 1. The molecule has 0 aliphatic carbocycles. The number of ketones is 1. The molecule has 51 heavy (non-hydrogen) atoms. The topological polar surface area (TPSA) is 96.2 Å². The van der Waals surface area contributed by atoms with E-state index < -0.39 is 0 Å². The molecule has 0 saturated heterocycles. The molecule has 7 rings (SSSR count). The van der Waals surface area contributed by atoms with Crippen LogP contribution in [0.25, 0.3) is 17.1 Å². The summed E-state index contributed by atoms with van der Waals surface area (Å²) >= 11 is 0. The zero-order valence-corrected chi connectivity index (χ0v) is 28.9. The van der Waals surface area contributed by atoms with E-state index in [2.05, 4.69) is 39.9 Å². The molecule has 256 valence electrons. The molecule has 0 saturated carbocycles. The van der Waals surface area contributed by atoms with Crippen LogP contribution in [-0.4, -0.2) is 32.1 Å². The molecular weight excluding hydrogens is 636 g/mol. The number of aryl methyl sites for hydroxylation is 2. The molecule has 8 nitrogen and oxygen atoms in total. The van der Waals surface area contributed by atoms with E-state index in [-0.39, 0.29) is 11.7 Å². The van der Waals surface area contributed by atoms with Crippen molar-refractivity contribution in [2.24, 2.45) is 0 Å². The smallest absolute Gasteiger partial charge is 0.226 e. The zero-order valence-electron chi connectivity index (χ0n) is 28.9. The summed E-state index contributed by atoms with van der Waals surface area (Å²) in [6.45, 7) is 4.54. The van der Waals surface area contributed by atoms with Gasteiger partial charge >= 0.3 is 0 Å². The number of hydrogen-bond donors (Lipinski definition) is 0. The summed E-state index contributed by atoms with van der Waals surface area (Å²) in [4.78, 5) is 18.4. The normalized spacial score (nSPS) is 11.8. The van der Waals surface area contributed by atoms with Crippen LogP contribution in [0.3, 0.4) is 0 Å². The molecule has 3 aromatic heterocycles. The van der Waals surface area contributed by atoms with Gasteiger partial charge in [0.2, 0.25) is 17.7 Å². The summed E-state index contributed by atoms with van der Waals surface area (Å²) in [6.07, 6.45) is 5.92. The highest BCUT2D eigenvalue weighted by Crippen LogP contribution is 2.33. The second-order valence-electron chi connectivity index (χ2n) is 12.5. The molecule has 0 spiro atoms. The Morgan fingerprint density at radius 2 is 1.51 bits per heavy atom. The molecule has 0 aliphatic rings. The van der Waals surface area contributed by atoms with Gasteiger partial charge in [0.1, 0.15) is 11.5 Å². The molecule has 7 aromatic rings. The van der Waals surface area contributed by atoms with E-state index in [1.54, 1.807) is 0 Å². The Morgan fingerprint density at radius 3 is 2.29 bits per heavy atom. The van der Waals surface area contributed by atoms with Gasteiger partial charge < -0.3 is 18.1 Å². The highest BCUT2D eigenvalue weighted by molar-refractivity contribution is 6.11. The summed E-state index contributed by atoms with van der Waals surface area (Å²) in [7, 11) is 0. The van der Waals surface area contributed by atoms with Crippen LogP contribution in [0, 0.1) is 6.92 Å². The van der Waals surface area contributed by atoms with Crippen molar-refractivity contribution in [1.29, 1.82) is 0 Å². The van der Waals surface area contributed by atoms with Crippen LogP contribution in [0.15, 0.2) is 136 Å². The number of ether oxygens (including phenoxy) is 1. The van der Waals surface area contributed by atoms with Gasteiger partial charge in [-0.1, -0.05) is 86.1 Å². The molecule has 1 unspecified atom stereocenters. The molecule has 0 radical (unpaired) electrons. The van der Waals surface area contributed by atoms with Gasteiger partial charge in [-0.05, 0) is 67.4 Å². The number of rotatable bonds is 15. The first-order valence-corrected chi connectivity index (χ1v) is 17.5. The molecule has 0 aliphatic heterocycles. The molecule has 0 fully saturated rings. The molecule has 1 atom stereocenters. The molecule has 0 amide bonds. The van der Waals surface area contributed by atoms with Gasteiger partial charge in [-0.25, -0.2) is 4.98 Å². The van der Waals surface area contributed by atoms with E-state index in [1.165, 1.54) is 0 Å². The predicted molar refractivity (Wildman–Crippen MR) is 196 cm³/mol. The van der Waals surface area contributed by atoms with Crippen LogP contribution in [0.2, 0.25) is 0 Å². The Balaban J connectivity index is 1.14. The summed E-state index contributed by atoms with van der Waals surface area (Å²) in [6, 6.07) is 39.3. The van der Waals surface area contributed by atoms with Crippen molar-refractivity contribution in [1.82, 2.24) is 19.7 Å². The molecule has 8 heteroatoms. The number of benzene rings is 4. The van der Waals surface area contributed by atoms with Crippen LogP contribution in [0.5, 0.6) is 5.75 Å². The Morgan fingerprint density at radius 1 is 0.784 bits per heavy atom. The van der Waals surface area contributed by atoms with E-state index in [9.17, 15) is 4.79 Å². The van der Waals surface area contributed by atoms with Gasteiger partial charge in [0.25, 0.3) is 0 Å². The predicted octanol–water partition coefficient (Wildman–Crippen LogP) is 9.39. The zero-order chi connectivity index (χ0) is 35.0. The Hall–Kier alpha value is -6.02. The summed E-state index contributed by atoms with van der Waals surface area (Å²) in [5, 5.41) is 8.76. The van der Waals surface area contributed by atoms with Crippen LogP contribution in [-0.2, 0) is 19.3 Å². The number of para-hydroxylation sites is 1. The lowest BCUT2D eigenvalue weighted by Crippen LogP contribution is -2.13. The fraction of sp³-hybridized carbons (Fsp3) is 0.209. The van der Waals surface area contributed by atoms with E-state index in [1.807, 2.05) is 116 Å². The Kier molecular flexibility index (Phi) is 10.3. The maximum atomic E-state index is 13.7. The second-order valence-corrected chi connectivity index (χ2v) is 12.5. The minimum atomic E-state index is -0.150. The number of carbonyl (C=O) groups excluding carboxylic acids is 1. The third-order valence-corrected chi connectivity index (χ3v) is 9.02. The average Bonchev–Trinajstić information content (AvgIpc) is 3.94. The third-order valence-electron chi connectivity index (χ3n) is 9.02. The molecule has 0 N–H and O–H groups in total.